The van der Waals surface area contributed by atoms with E-state index in [2.05, 4.69) is 43.1 Å². The summed E-state index contributed by atoms with van der Waals surface area (Å²) in [5, 5.41) is 0. The molecule has 19 heavy (non-hydrogen) atoms. The monoisotopic (exact) mass is 266 g/mol. The fraction of sp³-hybridized carbons (Fsp3) is 0.714. The van der Waals surface area contributed by atoms with Gasteiger partial charge in [0.2, 0.25) is 5.88 Å². The first kappa shape index (κ1) is 15.7. The lowest BCUT2D eigenvalue weighted by Gasteiger charge is -2.17. The minimum absolute atomic E-state index is 0.239. The molecule has 1 rings (SSSR count). The van der Waals surface area contributed by atoms with E-state index in [9.17, 15) is 0 Å². The van der Waals surface area contributed by atoms with E-state index in [-0.39, 0.29) is 5.92 Å². The van der Waals surface area contributed by atoms with Crippen molar-refractivity contribution < 1.29 is 4.74 Å². The molecule has 0 aliphatic rings. The summed E-state index contributed by atoms with van der Waals surface area (Å²) in [6, 6.07) is 0. The van der Waals surface area contributed by atoms with Gasteiger partial charge in [-0.3, -0.25) is 0 Å². The summed E-state index contributed by atoms with van der Waals surface area (Å²) in [5.41, 5.74) is 3.47. The fourth-order valence-electron chi connectivity index (χ4n) is 1.77. The van der Waals surface area contributed by atoms with Crippen molar-refractivity contribution in [3.05, 3.63) is 11.4 Å². The second-order valence-electron chi connectivity index (χ2n) is 5.15. The minimum Gasteiger partial charge on any atom is -0.477 e. The van der Waals surface area contributed by atoms with Crippen LogP contribution in [0.3, 0.4) is 0 Å². The van der Waals surface area contributed by atoms with Crippen LogP contribution in [0.25, 0.3) is 0 Å². The Morgan fingerprint density at radius 1 is 1.21 bits per heavy atom. The van der Waals surface area contributed by atoms with Crippen LogP contribution in [0.5, 0.6) is 5.88 Å². The van der Waals surface area contributed by atoms with Crippen molar-refractivity contribution >= 4 is 5.82 Å². The third-order valence-corrected chi connectivity index (χ3v) is 3.38. The van der Waals surface area contributed by atoms with Gasteiger partial charge in [-0.2, -0.15) is 4.98 Å². The molecule has 5 heteroatoms. The van der Waals surface area contributed by atoms with Crippen LogP contribution >= 0.6 is 0 Å². The number of nitrogens with one attached hydrogen (secondary N) is 1. The van der Waals surface area contributed by atoms with E-state index >= 15 is 0 Å². The number of hydrogen-bond acceptors (Lipinski definition) is 5. The zero-order valence-electron chi connectivity index (χ0n) is 12.7. The maximum Gasteiger partial charge on any atom is 0.221 e. The van der Waals surface area contributed by atoms with Gasteiger partial charge in [-0.15, -0.1) is 0 Å². The number of nitrogen functional groups attached to an aromatic ring is 1. The van der Waals surface area contributed by atoms with Gasteiger partial charge in [-0.05, 0) is 12.8 Å². The maximum atomic E-state index is 5.87. The lowest BCUT2D eigenvalue weighted by Crippen LogP contribution is -2.16. The fourth-order valence-corrected chi connectivity index (χ4v) is 1.77. The van der Waals surface area contributed by atoms with Crippen molar-refractivity contribution in [1.29, 1.82) is 0 Å². The lowest BCUT2D eigenvalue weighted by atomic mass is 10.1. The molecule has 0 atom stereocenters. The Labute approximate surface area is 115 Å². The van der Waals surface area contributed by atoms with Crippen molar-refractivity contribution in [3.8, 4) is 5.88 Å². The van der Waals surface area contributed by atoms with Crippen LogP contribution in [0.2, 0.25) is 0 Å². The molecule has 0 aliphatic heterocycles. The second-order valence-corrected chi connectivity index (χ2v) is 5.15. The molecule has 0 saturated heterocycles. The van der Waals surface area contributed by atoms with Crippen LogP contribution in [0.15, 0.2) is 0 Å². The Hall–Kier alpha value is -1.36. The molecule has 3 N–H and O–H groups in total. The largest absolute Gasteiger partial charge is 0.477 e. The molecule has 1 aromatic heterocycles. The summed E-state index contributed by atoms with van der Waals surface area (Å²) in [7, 11) is 0. The number of ether oxygens (including phenoxy) is 1. The molecule has 0 radical (unpaired) electrons. The number of hydrogen-bond donors (Lipinski definition) is 2. The highest BCUT2D eigenvalue weighted by atomic mass is 16.5. The molecule has 0 saturated carbocycles. The standard InChI is InChI=1S/C14H26N4O/c1-6-11(7-2)8-19-14-10(5)13(18-15)16-12(17-14)9(3)4/h9,11H,6-8,15H2,1-5H3,(H,16,17,18). The number of nitrogens with zero attached hydrogens (tertiary/aromatic N) is 2. The number of rotatable bonds is 7. The Morgan fingerprint density at radius 2 is 1.84 bits per heavy atom. The topological polar surface area (TPSA) is 73.1 Å². The Morgan fingerprint density at radius 3 is 2.32 bits per heavy atom. The molecule has 0 spiro atoms. The van der Waals surface area contributed by atoms with E-state index in [0.717, 1.165) is 24.2 Å². The van der Waals surface area contributed by atoms with Crippen LogP contribution in [0, 0.1) is 12.8 Å². The molecule has 108 valence electrons. The van der Waals surface area contributed by atoms with Crippen LogP contribution in [-0.4, -0.2) is 16.6 Å². The van der Waals surface area contributed by atoms with Crippen LogP contribution in [-0.2, 0) is 0 Å². The number of aromatic nitrogens is 2. The quantitative estimate of drug-likeness (QED) is 0.586. The molecule has 1 heterocycles. The first-order valence-corrected chi connectivity index (χ1v) is 7.01. The second kappa shape index (κ2) is 7.28. The number of hydrazine groups is 1. The number of anilines is 1. The summed E-state index contributed by atoms with van der Waals surface area (Å²) in [6.45, 7) is 11.1. The minimum atomic E-state index is 0.239. The van der Waals surface area contributed by atoms with E-state index < -0.39 is 0 Å². The van der Waals surface area contributed by atoms with Crippen molar-refractivity contribution in [3.63, 3.8) is 0 Å². The van der Waals surface area contributed by atoms with Gasteiger partial charge in [0.05, 0.1) is 12.2 Å². The molecular formula is C14H26N4O. The Balaban J connectivity index is 2.95. The van der Waals surface area contributed by atoms with E-state index in [1.54, 1.807) is 0 Å². The molecule has 0 amide bonds. The van der Waals surface area contributed by atoms with Crippen LogP contribution in [0.1, 0.15) is 57.8 Å². The van der Waals surface area contributed by atoms with Gasteiger partial charge in [-0.1, -0.05) is 40.5 Å². The van der Waals surface area contributed by atoms with E-state index in [0.29, 0.717) is 24.2 Å². The average Bonchev–Trinajstić information content (AvgIpc) is 2.41. The average molecular weight is 266 g/mol. The summed E-state index contributed by atoms with van der Waals surface area (Å²) >= 11 is 0. The first-order chi connectivity index (χ1) is 9.03. The smallest absolute Gasteiger partial charge is 0.221 e. The summed E-state index contributed by atoms with van der Waals surface area (Å²) in [5.74, 6) is 8.32. The van der Waals surface area contributed by atoms with Crippen molar-refractivity contribution in [2.75, 3.05) is 12.0 Å². The number of nitrogens with two attached hydrogens (primary N) is 1. The summed E-state index contributed by atoms with van der Waals surface area (Å²) in [6.07, 6.45) is 2.22. The van der Waals surface area contributed by atoms with Crippen molar-refractivity contribution in [2.24, 2.45) is 11.8 Å². The molecule has 0 bridgehead atoms. The normalized spacial score (nSPS) is 11.2. The van der Waals surface area contributed by atoms with E-state index in [1.807, 2.05) is 6.92 Å². The third kappa shape index (κ3) is 4.06. The third-order valence-electron chi connectivity index (χ3n) is 3.38. The predicted molar refractivity (Wildman–Crippen MR) is 78.2 cm³/mol. The lowest BCUT2D eigenvalue weighted by molar-refractivity contribution is 0.230. The summed E-state index contributed by atoms with van der Waals surface area (Å²) < 4.78 is 5.87. The van der Waals surface area contributed by atoms with E-state index in [4.69, 9.17) is 10.6 Å². The SMILES string of the molecule is CCC(CC)COc1nc(C(C)C)nc(NN)c1C. The zero-order valence-corrected chi connectivity index (χ0v) is 12.7. The zero-order chi connectivity index (χ0) is 14.4. The highest BCUT2D eigenvalue weighted by Gasteiger charge is 2.14. The molecule has 0 aliphatic carbocycles. The molecule has 5 nitrogen and oxygen atoms in total. The molecule has 0 aromatic carbocycles. The predicted octanol–water partition coefficient (Wildman–Crippen LogP) is 3.01. The summed E-state index contributed by atoms with van der Waals surface area (Å²) in [4.78, 5) is 8.88. The van der Waals surface area contributed by atoms with Crippen molar-refractivity contribution in [2.45, 2.75) is 53.4 Å². The first-order valence-electron chi connectivity index (χ1n) is 7.01. The molecule has 1 aromatic rings. The van der Waals surface area contributed by atoms with Crippen LogP contribution < -0.4 is 16.0 Å². The van der Waals surface area contributed by atoms with Gasteiger partial charge >= 0.3 is 0 Å². The van der Waals surface area contributed by atoms with Crippen molar-refractivity contribution in [1.82, 2.24) is 9.97 Å². The van der Waals surface area contributed by atoms with Crippen LogP contribution in [0.4, 0.5) is 5.82 Å². The molecule has 0 unspecified atom stereocenters. The Kier molecular flexibility index (Phi) is 6.02. The highest BCUT2D eigenvalue weighted by molar-refractivity contribution is 5.47. The van der Waals surface area contributed by atoms with Gasteiger partial charge in [0.15, 0.2) is 0 Å². The highest BCUT2D eigenvalue weighted by Crippen LogP contribution is 2.25. The van der Waals surface area contributed by atoms with Gasteiger partial charge in [-0.25, -0.2) is 10.8 Å². The maximum absolute atomic E-state index is 5.87. The van der Waals surface area contributed by atoms with Gasteiger partial charge in [0.25, 0.3) is 0 Å². The van der Waals surface area contributed by atoms with Gasteiger partial charge < -0.3 is 10.2 Å². The molecule has 0 fully saturated rings. The Bertz CT molecular complexity index is 403. The molecular weight excluding hydrogens is 240 g/mol. The van der Waals surface area contributed by atoms with E-state index in [1.165, 1.54) is 0 Å². The van der Waals surface area contributed by atoms with Gasteiger partial charge in [0.1, 0.15) is 11.6 Å². The van der Waals surface area contributed by atoms with Gasteiger partial charge in [0, 0.05) is 5.92 Å².